The Morgan fingerprint density at radius 3 is 2.19 bits per heavy atom. The van der Waals surface area contributed by atoms with Gasteiger partial charge in [0.25, 0.3) is 0 Å². The minimum absolute atomic E-state index is 0.0185. The number of nitrogens with one attached hydrogen (secondary N) is 1. The predicted molar refractivity (Wildman–Crippen MR) is 70.0 cm³/mol. The molecule has 0 heterocycles. The molecule has 7 heteroatoms. The van der Waals surface area contributed by atoms with Crippen molar-refractivity contribution in [2.45, 2.75) is 20.5 Å². The number of aryl methyl sites for hydroxylation is 2. The van der Waals surface area contributed by atoms with E-state index in [1.807, 2.05) is 0 Å². The Morgan fingerprint density at radius 1 is 1.29 bits per heavy atom. The minimum atomic E-state index is -2.97. The quantitative estimate of drug-likeness (QED) is 0.665. The molecule has 0 unspecified atom stereocenters. The summed E-state index contributed by atoms with van der Waals surface area (Å²) in [7, 11) is 1.32. The second-order valence-electron chi connectivity index (χ2n) is 4.36. The van der Waals surface area contributed by atoms with Crippen molar-refractivity contribution in [3.63, 3.8) is 0 Å². The highest BCUT2D eigenvalue weighted by molar-refractivity contribution is 6.12. The lowest BCUT2D eigenvalue weighted by Gasteiger charge is -2.14. The zero-order chi connectivity index (χ0) is 16.2. The van der Waals surface area contributed by atoms with Gasteiger partial charge in [-0.2, -0.15) is 14.0 Å². The SMILES string of the molecule is CNC(=O)[C@@H](C#N)C(=O)c1cc(C)c(OC(F)F)c(C)c1. The summed E-state index contributed by atoms with van der Waals surface area (Å²) in [5.41, 5.74) is 0.751. The predicted octanol–water partition coefficient (Wildman–Crippen LogP) is 1.97. The van der Waals surface area contributed by atoms with Crippen molar-refractivity contribution < 1.29 is 23.1 Å². The van der Waals surface area contributed by atoms with Crippen LogP contribution in [0.1, 0.15) is 21.5 Å². The molecule has 1 amide bonds. The van der Waals surface area contributed by atoms with Crippen LogP contribution >= 0.6 is 0 Å². The molecule has 0 saturated heterocycles. The fraction of sp³-hybridized carbons (Fsp3) is 0.357. The van der Waals surface area contributed by atoms with Crippen LogP contribution in [0.15, 0.2) is 12.1 Å². The number of ether oxygens (including phenoxy) is 1. The number of halogens is 2. The van der Waals surface area contributed by atoms with Gasteiger partial charge in [-0.25, -0.2) is 0 Å². The van der Waals surface area contributed by atoms with Crippen LogP contribution in [0.4, 0.5) is 8.78 Å². The Morgan fingerprint density at radius 2 is 1.81 bits per heavy atom. The van der Waals surface area contributed by atoms with Gasteiger partial charge in [0.05, 0.1) is 6.07 Å². The Bertz CT molecular complexity index is 586. The highest BCUT2D eigenvalue weighted by atomic mass is 19.3. The van der Waals surface area contributed by atoms with E-state index in [1.165, 1.54) is 33.0 Å². The smallest absolute Gasteiger partial charge is 0.387 e. The topological polar surface area (TPSA) is 79.2 Å². The molecule has 0 aliphatic rings. The van der Waals surface area contributed by atoms with Gasteiger partial charge in [-0.3, -0.25) is 9.59 Å². The maximum Gasteiger partial charge on any atom is 0.387 e. The summed E-state index contributed by atoms with van der Waals surface area (Å²) in [4.78, 5) is 23.6. The molecule has 21 heavy (non-hydrogen) atoms. The van der Waals surface area contributed by atoms with E-state index >= 15 is 0 Å². The first-order valence-electron chi connectivity index (χ1n) is 6.03. The molecule has 1 N–H and O–H groups in total. The number of alkyl halides is 2. The van der Waals surface area contributed by atoms with Crippen LogP contribution in [0.5, 0.6) is 5.75 Å². The van der Waals surface area contributed by atoms with Gasteiger partial charge in [0.15, 0.2) is 11.7 Å². The van der Waals surface area contributed by atoms with Crippen molar-refractivity contribution in [2.75, 3.05) is 7.05 Å². The zero-order valence-electron chi connectivity index (χ0n) is 11.7. The molecule has 0 aliphatic heterocycles. The Kier molecular flexibility index (Phi) is 5.36. The third kappa shape index (κ3) is 3.75. The van der Waals surface area contributed by atoms with E-state index in [0.29, 0.717) is 11.1 Å². The van der Waals surface area contributed by atoms with Gasteiger partial charge in [0.2, 0.25) is 5.91 Å². The van der Waals surface area contributed by atoms with Crippen LogP contribution in [0.25, 0.3) is 0 Å². The van der Waals surface area contributed by atoms with E-state index in [9.17, 15) is 18.4 Å². The van der Waals surface area contributed by atoms with Crippen LogP contribution in [-0.4, -0.2) is 25.3 Å². The van der Waals surface area contributed by atoms with Crippen molar-refractivity contribution in [3.8, 4) is 11.8 Å². The average molecular weight is 296 g/mol. The van der Waals surface area contributed by atoms with Crippen molar-refractivity contribution in [1.82, 2.24) is 5.32 Å². The van der Waals surface area contributed by atoms with Crippen LogP contribution < -0.4 is 10.1 Å². The molecule has 5 nitrogen and oxygen atoms in total. The zero-order valence-corrected chi connectivity index (χ0v) is 11.7. The molecule has 1 rings (SSSR count). The highest BCUT2D eigenvalue weighted by Gasteiger charge is 2.27. The summed E-state index contributed by atoms with van der Waals surface area (Å²) >= 11 is 0. The van der Waals surface area contributed by atoms with Gasteiger partial charge in [-0.05, 0) is 37.1 Å². The first-order valence-corrected chi connectivity index (χ1v) is 6.03. The van der Waals surface area contributed by atoms with E-state index in [-0.39, 0.29) is 11.3 Å². The largest absolute Gasteiger partial charge is 0.434 e. The van der Waals surface area contributed by atoms with E-state index in [1.54, 1.807) is 6.07 Å². The number of hydrogen-bond donors (Lipinski definition) is 1. The summed E-state index contributed by atoms with van der Waals surface area (Å²) in [5, 5.41) is 11.1. The number of carbonyl (C=O) groups is 2. The second-order valence-corrected chi connectivity index (χ2v) is 4.36. The monoisotopic (exact) mass is 296 g/mol. The number of amides is 1. The van der Waals surface area contributed by atoms with Crippen molar-refractivity contribution in [2.24, 2.45) is 5.92 Å². The van der Waals surface area contributed by atoms with E-state index in [0.717, 1.165) is 0 Å². The third-order valence-corrected chi connectivity index (χ3v) is 2.85. The lowest BCUT2D eigenvalue weighted by molar-refractivity contribution is -0.121. The third-order valence-electron chi connectivity index (χ3n) is 2.85. The highest BCUT2D eigenvalue weighted by Crippen LogP contribution is 2.27. The molecule has 1 aromatic rings. The molecule has 1 aromatic carbocycles. The number of rotatable bonds is 5. The Labute approximate surface area is 120 Å². The molecule has 0 saturated carbocycles. The number of Topliss-reactive ketones (excluding diaryl/α,β-unsaturated/α-hetero) is 1. The maximum absolute atomic E-state index is 12.3. The van der Waals surface area contributed by atoms with Crippen LogP contribution in [0.2, 0.25) is 0 Å². The van der Waals surface area contributed by atoms with Gasteiger partial charge in [-0.15, -0.1) is 0 Å². The molecule has 112 valence electrons. The molecule has 1 atom stereocenters. The second kappa shape index (κ2) is 6.79. The van der Waals surface area contributed by atoms with E-state index < -0.39 is 24.2 Å². The molecular formula is C14H14F2N2O3. The minimum Gasteiger partial charge on any atom is -0.434 e. The maximum atomic E-state index is 12.3. The first-order chi connectivity index (χ1) is 9.81. The fourth-order valence-corrected chi connectivity index (χ4v) is 1.91. The lowest BCUT2D eigenvalue weighted by Crippen LogP contribution is -2.32. The average Bonchev–Trinajstić information content (AvgIpc) is 2.42. The van der Waals surface area contributed by atoms with Gasteiger partial charge < -0.3 is 10.1 Å². The van der Waals surface area contributed by atoms with Crippen molar-refractivity contribution >= 4 is 11.7 Å². The molecule has 0 aliphatic carbocycles. The van der Waals surface area contributed by atoms with Gasteiger partial charge >= 0.3 is 6.61 Å². The normalized spacial score (nSPS) is 11.7. The van der Waals surface area contributed by atoms with E-state index in [2.05, 4.69) is 10.1 Å². The first kappa shape index (κ1) is 16.6. The number of nitrogens with zero attached hydrogens (tertiary/aromatic N) is 1. The van der Waals surface area contributed by atoms with Gasteiger partial charge in [0.1, 0.15) is 5.75 Å². The number of benzene rings is 1. The summed E-state index contributed by atoms with van der Waals surface area (Å²) in [6.07, 6.45) is 0. The number of carbonyl (C=O) groups excluding carboxylic acids is 2. The van der Waals surface area contributed by atoms with Gasteiger partial charge in [-0.1, -0.05) is 0 Å². The Hall–Kier alpha value is -2.49. The van der Waals surface area contributed by atoms with Crippen LogP contribution in [0, 0.1) is 31.1 Å². The number of ketones is 1. The van der Waals surface area contributed by atoms with Crippen molar-refractivity contribution in [3.05, 3.63) is 28.8 Å². The molecule has 0 fully saturated rings. The number of hydrogen-bond acceptors (Lipinski definition) is 4. The Balaban J connectivity index is 3.19. The van der Waals surface area contributed by atoms with Crippen LogP contribution in [0.3, 0.4) is 0 Å². The van der Waals surface area contributed by atoms with Crippen LogP contribution in [-0.2, 0) is 4.79 Å². The van der Waals surface area contributed by atoms with Crippen molar-refractivity contribution in [1.29, 1.82) is 5.26 Å². The lowest BCUT2D eigenvalue weighted by atomic mass is 9.95. The fourth-order valence-electron chi connectivity index (χ4n) is 1.91. The standard InChI is InChI=1S/C14H14F2N2O3/c1-7-4-9(5-8(2)12(7)21-14(15)16)11(19)10(6-17)13(20)18-3/h4-5,10,14H,1-3H3,(H,18,20)/t10-/m0/s1. The molecule has 0 spiro atoms. The molecular weight excluding hydrogens is 282 g/mol. The molecule has 0 radical (unpaired) electrons. The van der Waals surface area contributed by atoms with E-state index in [4.69, 9.17) is 5.26 Å². The molecule has 0 bridgehead atoms. The molecule has 0 aromatic heterocycles. The van der Waals surface area contributed by atoms with Gasteiger partial charge in [0, 0.05) is 12.6 Å². The summed E-state index contributed by atoms with van der Waals surface area (Å²) in [5.74, 6) is -2.90. The summed E-state index contributed by atoms with van der Waals surface area (Å²) < 4.78 is 29.0. The number of nitriles is 1. The summed E-state index contributed by atoms with van der Waals surface area (Å²) in [6.45, 7) is 0.0348. The summed E-state index contributed by atoms with van der Waals surface area (Å²) in [6, 6.07) is 4.26.